The quantitative estimate of drug-likeness (QED) is 0.382. The van der Waals surface area contributed by atoms with Crippen molar-refractivity contribution < 1.29 is 13.9 Å². The maximum atomic E-state index is 14.1. The van der Waals surface area contributed by atoms with Crippen LogP contribution in [0, 0.1) is 5.82 Å². The van der Waals surface area contributed by atoms with Crippen molar-refractivity contribution in [1.29, 1.82) is 0 Å². The number of ether oxygens (including phenoxy) is 1. The van der Waals surface area contributed by atoms with E-state index in [-0.39, 0.29) is 11.2 Å². The number of halogens is 1. The monoisotopic (exact) mass is 474 g/mol. The summed E-state index contributed by atoms with van der Waals surface area (Å²) < 4.78 is 21.2. The Morgan fingerprint density at radius 3 is 2.43 bits per heavy atom. The molecule has 8 heteroatoms. The number of hydrogen-bond donors (Lipinski definition) is 1. The van der Waals surface area contributed by atoms with Crippen molar-refractivity contribution in [3.8, 4) is 11.4 Å². The third-order valence-corrected chi connectivity index (χ3v) is 5.77. The number of aromatic nitrogens is 2. The Bertz CT molecular complexity index is 1400. The number of nitrogens with one attached hydrogen (secondary N) is 1. The fourth-order valence-electron chi connectivity index (χ4n) is 4.02. The number of carbonyl (C=O) groups excluding carboxylic acids is 1. The maximum absolute atomic E-state index is 14.1. The van der Waals surface area contributed by atoms with Crippen LogP contribution in [0.5, 0.6) is 5.75 Å². The van der Waals surface area contributed by atoms with Gasteiger partial charge >= 0.3 is 6.03 Å². The van der Waals surface area contributed by atoms with E-state index in [0.717, 1.165) is 0 Å². The van der Waals surface area contributed by atoms with Gasteiger partial charge in [-0.1, -0.05) is 24.3 Å². The van der Waals surface area contributed by atoms with Crippen molar-refractivity contribution >= 4 is 22.6 Å². The van der Waals surface area contributed by atoms with Gasteiger partial charge in [-0.2, -0.15) is 0 Å². The smallest absolute Gasteiger partial charge is 0.322 e. The Balaban J connectivity index is 1.80. The minimum Gasteiger partial charge on any atom is -0.494 e. The topological polar surface area (TPSA) is 76.5 Å². The average Bonchev–Trinajstić information content (AvgIpc) is 2.86. The highest BCUT2D eigenvalue weighted by Gasteiger charge is 2.26. The van der Waals surface area contributed by atoms with E-state index in [1.54, 1.807) is 61.5 Å². The molecule has 4 rings (SSSR count). The van der Waals surface area contributed by atoms with E-state index in [9.17, 15) is 14.0 Å². The van der Waals surface area contributed by atoms with Gasteiger partial charge in [0.05, 0.1) is 34.9 Å². The van der Waals surface area contributed by atoms with Crippen molar-refractivity contribution in [3.63, 3.8) is 0 Å². The van der Waals surface area contributed by atoms with Gasteiger partial charge in [0.2, 0.25) is 0 Å². The van der Waals surface area contributed by atoms with Gasteiger partial charge in [0, 0.05) is 6.54 Å². The summed E-state index contributed by atoms with van der Waals surface area (Å²) in [6, 6.07) is 19.1. The fraction of sp³-hybridized carbons (Fsp3) is 0.222. The van der Waals surface area contributed by atoms with Gasteiger partial charge in [-0.25, -0.2) is 14.2 Å². The highest BCUT2D eigenvalue weighted by Crippen LogP contribution is 2.25. The van der Waals surface area contributed by atoms with Crippen LogP contribution in [0.4, 0.5) is 14.9 Å². The Labute approximate surface area is 202 Å². The molecule has 0 saturated heterocycles. The third-order valence-electron chi connectivity index (χ3n) is 5.77. The molecule has 4 aromatic rings. The van der Waals surface area contributed by atoms with E-state index in [4.69, 9.17) is 9.72 Å². The van der Waals surface area contributed by atoms with Gasteiger partial charge in [0.25, 0.3) is 5.56 Å². The molecular formula is C27H27FN4O3. The number of carbonyl (C=O) groups is 1. The van der Waals surface area contributed by atoms with Crippen LogP contribution in [0.1, 0.15) is 32.6 Å². The zero-order valence-electron chi connectivity index (χ0n) is 19.9. The van der Waals surface area contributed by atoms with Crippen LogP contribution in [0.3, 0.4) is 0 Å². The second kappa shape index (κ2) is 10.4. The first-order valence-corrected chi connectivity index (χ1v) is 11.5. The molecule has 3 aromatic carbocycles. The molecular weight excluding hydrogens is 447 g/mol. The van der Waals surface area contributed by atoms with Crippen LogP contribution in [0.15, 0.2) is 77.6 Å². The van der Waals surface area contributed by atoms with Crippen LogP contribution in [-0.2, 0) is 0 Å². The highest BCUT2D eigenvalue weighted by molar-refractivity contribution is 5.89. The van der Waals surface area contributed by atoms with E-state index < -0.39 is 17.9 Å². The molecule has 2 amide bonds. The molecule has 0 bridgehead atoms. The second-order valence-corrected chi connectivity index (χ2v) is 7.93. The van der Waals surface area contributed by atoms with Gasteiger partial charge in [-0.3, -0.25) is 9.36 Å². The number of amides is 2. The Hall–Kier alpha value is -4.20. The SMILES string of the molecule is CCOc1ccc(-n2c(C(C)N(CC)C(=O)Nc3ccccc3F)nc3ccccc3c2=O)cc1. The summed E-state index contributed by atoms with van der Waals surface area (Å²) in [5.41, 5.74) is 0.974. The Morgan fingerprint density at radius 1 is 1.06 bits per heavy atom. The number of anilines is 1. The van der Waals surface area contributed by atoms with E-state index in [2.05, 4.69) is 5.32 Å². The Morgan fingerprint density at radius 2 is 1.74 bits per heavy atom. The summed E-state index contributed by atoms with van der Waals surface area (Å²) in [6.07, 6.45) is 0. The number of benzene rings is 3. The molecule has 7 nitrogen and oxygen atoms in total. The highest BCUT2D eigenvalue weighted by atomic mass is 19.1. The van der Waals surface area contributed by atoms with Gasteiger partial charge in [0.1, 0.15) is 17.4 Å². The molecule has 0 saturated carbocycles. The molecule has 0 aliphatic rings. The summed E-state index contributed by atoms with van der Waals surface area (Å²) in [4.78, 5) is 33.0. The molecule has 1 heterocycles. The van der Waals surface area contributed by atoms with E-state index in [1.165, 1.54) is 21.6 Å². The number of fused-ring (bicyclic) bond motifs is 1. The maximum Gasteiger partial charge on any atom is 0.322 e. The van der Waals surface area contributed by atoms with Crippen LogP contribution >= 0.6 is 0 Å². The van der Waals surface area contributed by atoms with Gasteiger partial charge in [-0.05, 0) is 69.3 Å². The third kappa shape index (κ3) is 4.87. The van der Waals surface area contributed by atoms with Gasteiger partial charge in [-0.15, -0.1) is 0 Å². The van der Waals surface area contributed by atoms with Crippen molar-refractivity contribution in [2.75, 3.05) is 18.5 Å². The average molecular weight is 475 g/mol. The molecule has 1 atom stereocenters. The first kappa shape index (κ1) is 23.9. The Kier molecular flexibility index (Phi) is 7.10. The minimum atomic E-state index is -0.601. The number of nitrogens with zero attached hydrogens (tertiary/aromatic N) is 3. The van der Waals surface area contributed by atoms with Crippen LogP contribution in [0.2, 0.25) is 0 Å². The fourth-order valence-corrected chi connectivity index (χ4v) is 4.02. The van der Waals surface area contributed by atoms with Crippen LogP contribution in [-0.4, -0.2) is 33.6 Å². The molecule has 0 aliphatic carbocycles. The molecule has 1 aromatic heterocycles. The lowest BCUT2D eigenvalue weighted by molar-refractivity contribution is 0.193. The van der Waals surface area contributed by atoms with E-state index >= 15 is 0 Å². The standard InChI is InChI=1S/C27H27FN4O3/c1-4-31(27(34)30-24-13-9-7-11-22(24)28)18(3)25-29-23-12-8-6-10-21(23)26(33)32(25)19-14-16-20(17-15-19)35-5-2/h6-18H,4-5H2,1-3H3,(H,30,34). The largest absolute Gasteiger partial charge is 0.494 e. The van der Waals surface area contributed by atoms with Gasteiger partial charge in [0.15, 0.2) is 0 Å². The number of rotatable bonds is 7. The lowest BCUT2D eigenvalue weighted by Gasteiger charge is -2.29. The molecule has 0 aliphatic heterocycles. The lowest BCUT2D eigenvalue weighted by Crippen LogP contribution is -2.39. The molecule has 0 radical (unpaired) electrons. The molecule has 1 N–H and O–H groups in total. The normalized spacial score (nSPS) is 11.8. The van der Waals surface area contributed by atoms with E-state index in [0.29, 0.717) is 41.3 Å². The summed E-state index contributed by atoms with van der Waals surface area (Å²) >= 11 is 0. The number of urea groups is 1. The summed E-state index contributed by atoms with van der Waals surface area (Å²) in [7, 11) is 0. The van der Waals surface area contributed by atoms with E-state index in [1.807, 2.05) is 19.9 Å². The van der Waals surface area contributed by atoms with Gasteiger partial charge < -0.3 is 15.0 Å². The number of para-hydroxylation sites is 2. The van der Waals surface area contributed by atoms with Crippen molar-refractivity contribution in [3.05, 3.63) is 94.8 Å². The summed E-state index contributed by atoms with van der Waals surface area (Å²) in [5.74, 6) is 0.551. The summed E-state index contributed by atoms with van der Waals surface area (Å²) in [6.45, 7) is 6.36. The minimum absolute atomic E-state index is 0.0820. The molecule has 35 heavy (non-hydrogen) atoms. The van der Waals surface area contributed by atoms with Crippen LogP contribution < -0.4 is 15.6 Å². The first-order chi connectivity index (χ1) is 16.9. The zero-order chi connectivity index (χ0) is 24.9. The first-order valence-electron chi connectivity index (χ1n) is 11.5. The molecule has 0 fully saturated rings. The predicted octanol–water partition coefficient (Wildman–Crippen LogP) is 5.54. The van der Waals surface area contributed by atoms with Crippen LogP contribution in [0.25, 0.3) is 16.6 Å². The summed E-state index contributed by atoms with van der Waals surface area (Å²) in [5, 5.41) is 3.09. The van der Waals surface area contributed by atoms with Crippen molar-refractivity contribution in [2.45, 2.75) is 26.8 Å². The molecule has 180 valence electrons. The predicted molar refractivity (Wildman–Crippen MR) is 135 cm³/mol. The molecule has 1 unspecified atom stereocenters. The zero-order valence-corrected chi connectivity index (χ0v) is 19.9. The number of hydrogen-bond acceptors (Lipinski definition) is 4. The lowest BCUT2D eigenvalue weighted by atomic mass is 10.2. The van der Waals surface area contributed by atoms with Crippen molar-refractivity contribution in [2.24, 2.45) is 0 Å². The molecule has 0 spiro atoms. The second-order valence-electron chi connectivity index (χ2n) is 7.93. The van der Waals surface area contributed by atoms with Crippen molar-refractivity contribution in [1.82, 2.24) is 14.5 Å².